The van der Waals surface area contributed by atoms with Gasteiger partial charge in [-0.3, -0.25) is 22.9 Å². The molecule has 10 atom stereocenters. The number of amides is 1. The van der Waals surface area contributed by atoms with Crippen molar-refractivity contribution in [2.75, 3.05) is 18.6 Å². The third-order valence-electron chi connectivity index (χ3n) is 7.23. The molecule has 1 amide bonds. The number of allylic oxidation sites excluding steroid dienone is 1. The SMILES string of the molecule is NC(=O)C1=CN([C@@H]2O[C@H](COP(=O)(O)OP(=O)(O)OC[C@H]3O[C@@H](n4cnc5c(NN=O)ncnc54)[C@H](OP(=O)(O)O)[C@@H]3O)[C@@H](O)[C@H]2O)C=CC1. The first kappa shape index (κ1) is 38.1. The van der Waals surface area contributed by atoms with Crippen LogP contribution >= 0.6 is 23.5 Å². The van der Waals surface area contributed by atoms with Crippen molar-refractivity contribution in [2.24, 2.45) is 11.0 Å². The van der Waals surface area contributed by atoms with Crippen LogP contribution in [0, 0.1) is 4.91 Å². The fraction of sp³-hybridized carbons (Fsp3) is 0.524. The van der Waals surface area contributed by atoms with Crippen LogP contribution in [0.3, 0.4) is 0 Å². The minimum absolute atomic E-state index is 0.0651. The number of anilines is 1. The van der Waals surface area contributed by atoms with Crippen LogP contribution in [0.2, 0.25) is 0 Å². The van der Waals surface area contributed by atoms with Gasteiger partial charge in [-0.25, -0.2) is 34.1 Å². The smallest absolute Gasteiger partial charge is 0.387 e. The normalized spacial score (nSPS) is 30.9. The van der Waals surface area contributed by atoms with E-state index in [1.165, 1.54) is 23.4 Å². The summed E-state index contributed by atoms with van der Waals surface area (Å²) in [5.74, 6) is -0.906. The van der Waals surface area contributed by atoms with Crippen LogP contribution in [0.1, 0.15) is 12.6 Å². The van der Waals surface area contributed by atoms with Gasteiger partial charge in [-0.2, -0.15) is 4.31 Å². The molecule has 0 radical (unpaired) electrons. The molecule has 0 aliphatic carbocycles. The second-order valence-corrected chi connectivity index (χ2v) is 14.8. The highest BCUT2D eigenvalue weighted by Gasteiger charge is 2.51. The summed E-state index contributed by atoms with van der Waals surface area (Å²) in [6.07, 6.45) is -6.97. The topological polar surface area (TPSA) is 380 Å². The highest BCUT2D eigenvalue weighted by Crippen LogP contribution is 2.61. The van der Waals surface area contributed by atoms with E-state index in [0.717, 1.165) is 17.2 Å². The quantitative estimate of drug-likeness (QED) is 0.0533. The first-order chi connectivity index (χ1) is 23.4. The molecule has 26 nitrogen and oxygen atoms in total. The third-order valence-corrected chi connectivity index (χ3v) is 10.4. The number of hydrogen-bond donors (Lipinski definition) is 9. The lowest BCUT2D eigenvalue weighted by Crippen LogP contribution is -2.40. The fourth-order valence-corrected chi connectivity index (χ4v) is 7.68. The van der Waals surface area contributed by atoms with E-state index < -0.39 is 91.7 Å². The van der Waals surface area contributed by atoms with Gasteiger partial charge in [0.2, 0.25) is 5.91 Å². The number of aliphatic hydroxyl groups excluding tert-OH is 3. The van der Waals surface area contributed by atoms with E-state index in [4.69, 9.17) is 19.7 Å². The van der Waals surface area contributed by atoms with Gasteiger partial charge in [0.25, 0.3) is 0 Å². The van der Waals surface area contributed by atoms with Crippen LogP contribution in [0.25, 0.3) is 11.2 Å². The van der Waals surface area contributed by atoms with Gasteiger partial charge in [0.15, 0.2) is 29.4 Å². The molecule has 2 fully saturated rings. The number of nitrogens with zero attached hydrogens (tertiary/aromatic N) is 6. The Kier molecular flexibility index (Phi) is 11.3. The number of carbonyl (C=O) groups is 1. The zero-order chi connectivity index (χ0) is 36.6. The molecule has 50 heavy (non-hydrogen) atoms. The number of rotatable bonds is 15. The minimum atomic E-state index is -5.56. The number of phosphoric acid groups is 3. The Morgan fingerprint density at radius 2 is 1.62 bits per heavy atom. The molecule has 29 heteroatoms. The van der Waals surface area contributed by atoms with Gasteiger partial charge in [-0.1, -0.05) is 6.08 Å². The molecule has 2 aromatic heterocycles. The first-order valence-electron chi connectivity index (χ1n) is 13.9. The van der Waals surface area contributed by atoms with E-state index in [-0.39, 0.29) is 29.0 Å². The molecule has 10 N–H and O–H groups in total. The minimum Gasteiger partial charge on any atom is -0.387 e. The van der Waals surface area contributed by atoms with Crippen molar-refractivity contribution >= 4 is 46.4 Å². The van der Waals surface area contributed by atoms with Crippen molar-refractivity contribution in [1.82, 2.24) is 24.4 Å². The number of aliphatic hydroxyl groups is 3. The summed E-state index contributed by atoms with van der Waals surface area (Å²) in [6, 6.07) is 0. The maximum absolute atomic E-state index is 12.6. The fourth-order valence-electron chi connectivity index (χ4n) is 5.04. The Morgan fingerprint density at radius 3 is 2.24 bits per heavy atom. The van der Waals surface area contributed by atoms with Gasteiger partial charge >= 0.3 is 23.5 Å². The van der Waals surface area contributed by atoms with E-state index >= 15 is 0 Å². The Balaban J connectivity index is 1.21. The molecule has 2 unspecified atom stereocenters. The lowest BCUT2D eigenvalue weighted by Gasteiger charge is -2.28. The Morgan fingerprint density at radius 1 is 0.980 bits per heavy atom. The molecule has 0 spiro atoms. The highest BCUT2D eigenvalue weighted by molar-refractivity contribution is 7.61. The van der Waals surface area contributed by atoms with Crippen molar-refractivity contribution in [3.63, 3.8) is 0 Å². The Bertz CT molecular complexity index is 1810. The molecule has 2 saturated heterocycles. The van der Waals surface area contributed by atoms with Gasteiger partial charge in [-0.05, 0) is 6.42 Å². The second-order valence-electron chi connectivity index (χ2n) is 10.6. The highest BCUT2D eigenvalue weighted by atomic mass is 31.3. The Labute approximate surface area is 278 Å². The third kappa shape index (κ3) is 8.66. The Hall–Kier alpha value is -3.13. The van der Waals surface area contributed by atoms with Gasteiger partial charge in [-0.15, -0.1) is 4.91 Å². The van der Waals surface area contributed by atoms with Crippen molar-refractivity contribution in [2.45, 2.75) is 55.5 Å². The van der Waals surface area contributed by atoms with E-state index in [2.05, 4.69) is 33.6 Å². The summed E-state index contributed by atoms with van der Waals surface area (Å²) in [5, 5.41) is 34.1. The molecule has 0 bridgehead atoms. The van der Waals surface area contributed by atoms with Crippen molar-refractivity contribution in [3.8, 4) is 0 Å². The van der Waals surface area contributed by atoms with Crippen molar-refractivity contribution in [1.29, 1.82) is 0 Å². The number of nitroso groups, excluding NO2 is 1. The number of imidazole rings is 1. The average Bonchev–Trinajstić information content (AvgIpc) is 3.68. The zero-order valence-electron chi connectivity index (χ0n) is 24.9. The van der Waals surface area contributed by atoms with Crippen LogP contribution < -0.4 is 11.2 Å². The number of fused-ring (bicyclic) bond motifs is 1. The number of aromatic nitrogens is 4. The number of ether oxygens (including phenoxy) is 2. The molecule has 3 aliphatic heterocycles. The number of phosphoric ester groups is 3. The largest absolute Gasteiger partial charge is 0.481 e. The summed E-state index contributed by atoms with van der Waals surface area (Å²) in [4.78, 5) is 74.2. The number of carbonyl (C=O) groups excluding carboxylic acids is 1. The summed E-state index contributed by atoms with van der Waals surface area (Å²) in [7, 11) is -16.4. The monoisotopic (exact) mass is 774 g/mol. The van der Waals surface area contributed by atoms with Gasteiger partial charge < -0.3 is 55.0 Å². The van der Waals surface area contributed by atoms with Crippen LogP contribution in [0.4, 0.5) is 5.82 Å². The van der Waals surface area contributed by atoms with E-state index in [9.17, 15) is 58.3 Å². The molecule has 3 aliphatic rings. The molecule has 0 saturated carbocycles. The summed E-state index contributed by atoms with van der Waals surface area (Å²) >= 11 is 0. The summed E-state index contributed by atoms with van der Waals surface area (Å²) in [5.41, 5.74) is 7.29. The van der Waals surface area contributed by atoms with Crippen LogP contribution in [-0.2, 0) is 45.8 Å². The van der Waals surface area contributed by atoms with E-state index in [0.29, 0.717) is 0 Å². The molecule has 2 aromatic rings. The second kappa shape index (κ2) is 14.8. The van der Waals surface area contributed by atoms with Crippen molar-refractivity contribution < 1.29 is 80.7 Å². The van der Waals surface area contributed by atoms with Crippen molar-refractivity contribution in [3.05, 3.63) is 41.6 Å². The lowest BCUT2D eigenvalue weighted by atomic mass is 10.1. The molecular weight excluding hydrogens is 745 g/mol. The van der Waals surface area contributed by atoms with Gasteiger partial charge in [0, 0.05) is 18.0 Å². The molecule has 5 heterocycles. The summed E-state index contributed by atoms with van der Waals surface area (Å²) in [6.45, 7) is -2.08. The predicted molar refractivity (Wildman–Crippen MR) is 158 cm³/mol. The molecule has 0 aromatic carbocycles. The van der Waals surface area contributed by atoms with Crippen LogP contribution in [0.15, 0.2) is 42.0 Å². The van der Waals surface area contributed by atoms with Crippen LogP contribution in [0.5, 0.6) is 0 Å². The maximum Gasteiger partial charge on any atom is 0.481 e. The molecule has 5 rings (SSSR count). The number of nitrogens with two attached hydrogens (primary N) is 1. The number of nitrogens with one attached hydrogen (secondary N) is 1. The standard InChI is InChI=1S/C21H29N8O18P3/c22-17(33)9-2-1-3-28(4-9)20-15(32)13(30)10(44-20)5-42-49(38,39)47-50(40,41)43-6-11-14(31)16(46-48(35,36)37)21(45-11)29-8-25-12-18(26-27-34)23-7-24-19(12)29/h1,3-4,7-8,10-11,13-16,20-21,30-32H,2,5-6H2,(H2,22,33)(H,38,39)(H,40,41)(H2,35,36,37)(H,23,24,26,34)/t10-,11-,13-,14-,15-,16-,20-,21-/m1/s1. The number of hydrogen-bond acceptors (Lipinski definition) is 19. The molecular formula is C21H29N8O18P3. The van der Waals surface area contributed by atoms with Crippen LogP contribution in [-0.4, -0.2) is 121 Å². The van der Waals surface area contributed by atoms with E-state index in [1.807, 2.05) is 5.43 Å². The average molecular weight is 774 g/mol. The lowest BCUT2D eigenvalue weighted by molar-refractivity contribution is -0.115. The van der Waals surface area contributed by atoms with Gasteiger partial charge in [0.1, 0.15) is 43.0 Å². The summed E-state index contributed by atoms with van der Waals surface area (Å²) < 4.78 is 67.2. The predicted octanol–water partition coefficient (Wildman–Crippen LogP) is -2.06. The first-order valence-corrected chi connectivity index (χ1v) is 18.4. The zero-order valence-corrected chi connectivity index (χ0v) is 27.5. The maximum atomic E-state index is 12.6. The number of primary amides is 1. The molecule has 276 valence electrons. The van der Waals surface area contributed by atoms with E-state index in [1.54, 1.807) is 0 Å². The van der Waals surface area contributed by atoms with Gasteiger partial charge in [0.05, 0.1) is 24.8 Å².